The van der Waals surface area contributed by atoms with Gasteiger partial charge in [0.15, 0.2) is 0 Å². The molecule has 0 unspecified atom stereocenters. The molecule has 0 aliphatic heterocycles. The third kappa shape index (κ3) is 6.34. The molecule has 0 spiro atoms. The minimum atomic E-state index is -4.30. The van der Waals surface area contributed by atoms with Gasteiger partial charge in [0.25, 0.3) is 0 Å². The molecule has 0 saturated heterocycles. The minimum Gasteiger partial charge on any atom is -0.308 e. The van der Waals surface area contributed by atoms with Gasteiger partial charge in [-0.2, -0.15) is 13.2 Å². The van der Waals surface area contributed by atoms with Gasteiger partial charge in [-0.15, -0.1) is 0 Å². The fraction of sp³-hybridized carbons (Fsp3) is 0.529. The van der Waals surface area contributed by atoms with E-state index in [4.69, 9.17) is 0 Å². The van der Waals surface area contributed by atoms with E-state index in [9.17, 15) is 13.2 Å². The maximum Gasteiger partial charge on any atom is 0.416 e. The molecule has 0 aliphatic rings. The summed E-state index contributed by atoms with van der Waals surface area (Å²) < 4.78 is 38.2. The summed E-state index contributed by atoms with van der Waals surface area (Å²) in [6.07, 6.45) is -2.45. The number of nitrogens with one attached hydrogen (secondary N) is 1. The molecule has 0 radical (unpaired) electrons. The smallest absolute Gasteiger partial charge is 0.308 e. The Bertz CT molecular complexity index is 493. The van der Waals surface area contributed by atoms with E-state index in [2.05, 4.69) is 26.1 Å². The van der Waals surface area contributed by atoms with Crippen LogP contribution >= 0.6 is 0 Å². The van der Waals surface area contributed by atoms with Crippen LogP contribution in [-0.2, 0) is 6.18 Å². The summed E-state index contributed by atoms with van der Waals surface area (Å²) in [4.78, 5) is 0. The minimum absolute atomic E-state index is 0.0260. The van der Waals surface area contributed by atoms with E-state index in [1.165, 1.54) is 12.1 Å². The molecule has 21 heavy (non-hydrogen) atoms. The Labute approximate surface area is 125 Å². The van der Waals surface area contributed by atoms with E-state index in [0.717, 1.165) is 11.6 Å². The van der Waals surface area contributed by atoms with Crippen molar-refractivity contribution < 1.29 is 13.2 Å². The summed E-state index contributed by atoms with van der Waals surface area (Å²) in [5, 5.41) is 3.38. The molecule has 0 saturated carbocycles. The van der Waals surface area contributed by atoms with Gasteiger partial charge in [-0.05, 0) is 44.4 Å². The van der Waals surface area contributed by atoms with Gasteiger partial charge in [0, 0.05) is 12.1 Å². The van der Waals surface area contributed by atoms with E-state index in [0.29, 0.717) is 12.1 Å². The Kier molecular flexibility index (Phi) is 5.62. The molecule has 0 aromatic heterocycles. The second kappa shape index (κ2) is 6.65. The number of benzene rings is 1. The number of hydrogen-bond acceptors (Lipinski definition) is 1. The van der Waals surface area contributed by atoms with Gasteiger partial charge in [0.2, 0.25) is 0 Å². The normalized spacial score (nSPS) is 13.9. The summed E-state index contributed by atoms with van der Waals surface area (Å²) in [5.41, 5.74) is 1.04. The van der Waals surface area contributed by atoms with Crippen molar-refractivity contribution in [3.05, 3.63) is 41.0 Å². The van der Waals surface area contributed by atoms with E-state index >= 15 is 0 Å². The van der Waals surface area contributed by atoms with E-state index in [1.54, 1.807) is 6.07 Å². The molecule has 118 valence electrons. The molecule has 0 heterocycles. The van der Waals surface area contributed by atoms with Crippen molar-refractivity contribution in [1.82, 2.24) is 5.32 Å². The number of hydrogen-bond donors (Lipinski definition) is 1. The Morgan fingerprint density at radius 3 is 2.29 bits per heavy atom. The predicted octanol–water partition coefficient (Wildman–Crippen LogP) is 5.13. The summed E-state index contributed by atoms with van der Waals surface area (Å²) in [7, 11) is 0. The molecule has 0 atom stereocenters. The van der Waals surface area contributed by atoms with Crippen LogP contribution < -0.4 is 5.32 Å². The summed E-state index contributed by atoms with van der Waals surface area (Å²) in [6, 6.07) is 5.44. The quantitative estimate of drug-likeness (QED) is 0.812. The zero-order valence-corrected chi connectivity index (χ0v) is 13.3. The lowest BCUT2D eigenvalue weighted by Crippen LogP contribution is -2.37. The van der Waals surface area contributed by atoms with Gasteiger partial charge < -0.3 is 5.32 Å². The summed E-state index contributed by atoms with van der Waals surface area (Å²) in [5.74, 6) is 0.273. The van der Waals surface area contributed by atoms with Crippen LogP contribution in [0.15, 0.2) is 29.8 Å². The predicted molar refractivity (Wildman–Crippen MR) is 82.0 cm³/mol. The number of alkyl halides is 3. The second-order valence-electron chi connectivity index (χ2n) is 6.60. The van der Waals surface area contributed by atoms with Crippen LogP contribution in [0.3, 0.4) is 0 Å². The maximum absolute atomic E-state index is 12.7. The van der Waals surface area contributed by atoms with E-state index in [1.807, 2.05) is 19.9 Å². The molecular formula is C17H24F3N. The van der Waals surface area contributed by atoms with Crippen molar-refractivity contribution in [2.24, 2.45) is 5.92 Å². The summed E-state index contributed by atoms with van der Waals surface area (Å²) in [6.45, 7) is 10.9. The van der Waals surface area contributed by atoms with E-state index in [-0.39, 0.29) is 11.5 Å². The highest BCUT2D eigenvalue weighted by Crippen LogP contribution is 2.30. The largest absolute Gasteiger partial charge is 0.416 e. The molecular weight excluding hydrogens is 275 g/mol. The molecule has 1 N–H and O–H groups in total. The Morgan fingerprint density at radius 2 is 1.81 bits per heavy atom. The number of rotatable bonds is 4. The zero-order chi connectivity index (χ0) is 16.3. The van der Waals surface area contributed by atoms with E-state index < -0.39 is 11.7 Å². The van der Waals surface area contributed by atoms with Gasteiger partial charge >= 0.3 is 6.18 Å². The second-order valence-corrected chi connectivity index (χ2v) is 6.60. The molecule has 1 aromatic rings. The van der Waals surface area contributed by atoms with Gasteiger partial charge in [-0.3, -0.25) is 0 Å². The highest BCUT2D eigenvalue weighted by molar-refractivity contribution is 5.55. The molecule has 4 heteroatoms. The molecule has 0 aliphatic carbocycles. The highest BCUT2D eigenvalue weighted by atomic mass is 19.4. The van der Waals surface area contributed by atoms with Crippen LogP contribution in [0.25, 0.3) is 6.08 Å². The zero-order valence-electron chi connectivity index (χ0n) is 13.3. The first-order chi connectivity index (χ1) is 9.49. The fourth-order valence-electron chi connectivity index (χ4n) is 1.81. The molecule has 0 fully saturated rings. The maximum atomic E-state index is 12.7. The Hall–Kier alpha value is -1.29. The first-order valence-corrected chi connectivity index (χ1v) is 7.12. The lowest BCUT2D eigenvalue weighted by molar-refractivity contribution is -0.137. The van der Waals surface area contributed by atoms with Crippen LogP contribution in [0.2, 0.25) is 0 Å². The van der Waals surface area contributed by atoms with Crippen LogP contribution in [0.1, 0.15) is 45.7 Å². The lowest BCUT2D eigenvalue weighted by atomic mass is 9.98. The van der Waals surface area contributed by atoms with Crippen molar-refractivity contribution >= 4 is 6.08 Å². The first kappa shape index (κ1) is 17.8. The molecule has 1 aromatic carbocycles. The van der Waals surface area contributed by atoms with Crippen molar-refractivity contribution in [2.75, 3.05) is 6.54 Å². The number of halogens is 3. The van der Waals surface area contributed by atoms with Gasteiger partial charge in [-0.25, -0.2) is 0 Å². The van der Waals surface area contributed by atoms with Gasteiger partial charge in [0.05, 0.1) is 5.56 Å². The highest BCUT2D eigenvalue weighted by Gasteiger charge is 2.30. The average Bonchev–Trinajstić information content (AvgIpc) is 2.32. The van der Waals surface area contributed by atoms with Crippen LogP contribution in [0.5, 0.6) is 0 Å². The lowest BCUT2D eigenvalue weighted by Gasteiger charge is -2.23. The SMILES string of the molecule is CC(C)C(=Cc1cccc(C(F)(F)F)c1)CNC(C)(C)C. The van der Waals surface area contributed by atoms with Crippen LogP contribution in [0, 0.1) is 5.92 Å². The molecule has 0 amide bonds. The Balaban J connectivity index is 3.01. The summed E-state index contributed by atoms with van der Waals surface area (Å²) >= 11 is 0. The van der Waals surface area contributed by atoms with Crippen molar-refractivity contribution in [3.8, 4) is 0 Å². The standard InChI is InChI=1S/C17H24F3N/c1-12(2)14(11-21-16(3,4)5)9-13-7-6-8-15(10-13)17(18,19)20/h6-10,12,21H,11H2,1-5H3. The molecule has 0 bridgehead atoms. The van der Waals surface area contributed by atoms with Crippen molar-refractivity contribution in [1.29, 1.82) is 0 Å². The Morgan fingerprint density at radius 1 is 1.19 bits per heavy atom. The molecule has 1 nitrogen and oxygen atoms in total. The monoisotopic (exact) mass is 299 g/mol. The first-order valence-electron chi connectivity index (χ1n) is 7.12. The van der Waals surface area contributed by atoms with Gasteiger partial charge in [0.1, 0.15) is 0 Å². The fourth-order valence-corrected chi connectivity index (χ4v) is 1.81. The van der Waals surface area contributed by atoms with Crippen molar-refractivity contribution in [3.63, 3.8) is 0 Å². The van der Waals surface area contributed by atoms with Crippen LogP contribution in [0.4, 0.5) is 13.2 Å². The third-order valence-electron chi connectivity index (χ3n) is 3.13. The topological polar surface area (TPSA) is 12.0 Å². The average molecular weight is 299 g/mol. The third-order valence-corrected chi connectivity index (χ3v) is 3.13. The van der Waals surface area contributed by atoms with Gasteiger partial charge in [-0.1, -0.05) is 37.6 Å². The molecule has 1 rings (SSSR count). The van der Waals surface area contributed by atoms with Crippen molar-refractivity contribution in [2.45, 2.75) is 46.3 Å². The van der Waals surface area contributed by atoms with Crippen LogP contribution in [-0.4, -0.2) is 12.1 Å².